The molecule has 0 aliphatic rings. The third-order valence-corrected chi connectivity index (χ3v) is 3.18. The van der Waals surface area contributed by atoms with Gasteiger partial charge in [-0.05, 0) is 31.2 Å². The summed E-state index contributed by atoms with van der Waals surface area (Å²) in [6.07, 6.45) is 16.2. The lowest BCUT2D eigenvalue weighted by atomic mass is 10.0. The summed E-state index contributed by atoms with van der Waals surface area (Å²) in [5, 5.41) is 0. The molecule has 0 aliphatic carbocycles. The summed E-state index contributed by atoms with van der Waals surface area (Å²) in [5.74, 6) is 0. The molecule has 0 N–H and O–H groups in total. The minimum absolute atomic E-state index is 1.16. The predicted octanol–water partition coefficient (Wildman–Crippen LogP) is 5.51. The number of hydrogen-bond acceptors (Lipinski definition) is 0. The summed E-state index contributed by atoms with van der Waals surface area (Å²) in [6, 6.07) is 10.8. The predicted molar refractivity (Wildman–Crippen MR) is 80.5 cm³/mol. The van der Waals surface area contributed by atoms with E-state index in [0.29, 0.717) is 0 Å². The number of aryl methyl sites for hydroxylation is 1. The van der Waals surface area contributed by atoms with E-state index in [1.165, 1.54) is 50.5 Å². The largest absolute Gasteiger partial charge is 0.0845 e. The quantitative estimate of drug-likeness (QED) is 0.374. The fraction of sp³-hybridized carbons (Fsp3) is 0.444. The molecule has 1 rings (SSSR count). The van der Waals surface area contributed by atoms with Gasteiger partial charge in [-0.3, -0.25) is 0 Å². The van der Waals surface area contributed by atoms with Crippen LogP contribution in [0, 0.1) is 6.58 Å². The molecule has 1 radical (unpaired) electrons. The number of unbranched alkanes of at least 4 members (excludes halogenated alkanes) is 6. The molecule has 0 unspecified atom stereocenters. The molecule has 0 aromatic heterocycles. The molecule has 0 heterocycles. The van der Waals surface area contributed by atoms with Crippen molar-refractivity contribution in [3.63, 3.8) is 0 Å². The third-order valence-electron chi connectivity index (χ3n) is 3.18. The molecule has 0 bridgehead atoms. The molecule has 1 aromatic rings. The lowest BCUT2D eigenvalue weighted by Gasteiger charge is -2.02. The highest BCUT2D eigenvalue weighted by atomic mass is 14.0. The van der Waals surface area contributed by atoms with E-state index < -0.39 is 0 Å². The van der Waals surface area contributed by atoms with Crippen LogP contribution in [-0.4, -0.2) is 0 Å². The number of allylic oxidation sites excluding steroid dienone is 3. The zero-order chi connectivity index (χ0) is 12.9. The topological polar surface area (TPSA) is 0 Å². The van der Waals surface area contributed by atoms with Crippen molar-refractivity contribution in [2.75, 3.05) is 0 Å². The Labute approximate surface area is 112 Å². The molecule has 0 saturated heterocycles. The van der Waals surface area contributed by atoms with E-state index in [-0.39, 0.29) is 0 Å². The van der Waals surface area contributed by atoms with Gasteiger partial charge in [-0.15, -0.1) is 0 Å². The van der Waals surface area contributed by atoms with Crippen LogP contribution in [0.4, 0.5) is 0 Å². The van der Waals surface area contributed by atoms with E-state index in [1.54, 1.807) is 6.08 Å². The Balaban J connectivity index is 1.87. The maximum Gasteiger partial charge on any atom is -0.0279 e. The average molecular weight is 241 g/mol. The molecule has 0 atom stereocenters. The Bertz CT molecular complexity index is 321. The first-order valence-electron chi connectivity index (χ1n) is 7.17. The van der Waals surface area contributed by atoms with Crippen molar-refractivity contribution in [2.45, 2.75) is 51.4 Å². The zero-order valence-corrected chi connectivity index (χ0v) is 11.4. The number of rotatable bonds is 10. The first-order valence-corrected chi connectivity index (χ1v) is 7.17. The maximum absolute atomic E-state index is 5.26. The second-order valence-corrected chi connectivity index (χ2v) is 4.77. The van der Waals surface area contributed by atoms with Gasteiger partial charge in [-0.1, -0.05) is 80.8 Å². The molecule has 18 heavy (non-hydrogen) atoms. The molecular formula is C18H25. The van der Waals surface area contributed by atoms with Crippen LogP contribution in [0.25, 0.3) is 0 Å². The van der Waals surface area contributed by atoms with Crippen molar-refractivity contribution < 1.29 is 0 Å². The summed E-state index contributed by atoms with van der Waals surface area (Å²) < 4.78 is 0. The van der Waals surface area contributed by atoms with E-state index in [9.17, 15) is 0 Å². The van der Waals surface area contributed by atoms with E-state index in [2.05, 4.69) is 36.4 Å². The molecular weight excluding hydrogens is 216 g/mol. The molecule has 0 saturated carbocycles. The maximum atomic E-state index is 5.26. The number of hydrogen-bond donors (Lipinski definition) is 0. The van der Waals surface area contributed by atoms with Gasteiger partial charge >= 0.3 is 0 Å². The van der Waals surface area contributed by atoms with E-state index in [0.717, 1.165) is 6.42 Å². The van der Waals surface area contributed by atoms with Crippen LogP contribution in [0.3, 0.4) is 0 Å². The van der Waals surface area contributed by atoms with Gasteiger partial charge in [0.2, 0.25) is 0 Å². The van der Waals surface area contributed by atoms with Gasteiger partial charge < -0.3 is 0 Å². The normalized spacial score (nSPS) is 10.9. The molecule has 0 amide bonds. The molecule has 1 aromatic carbocycles. The molecule has 0 spiro atoms. The Morgan fingerprint density at radius 1 is 0.833 bits per heavy atom. The average Bonchev–Trinajstić information content (AvgIpc) is 2.42. The Morgan fingerprint density at radius 3 is 2.22 bits per heavy atom. The first kappa shape index (κ1) is 14.8. The Kier molecular flexibility index (Phi) is 8.88. The van der Waals surface area contributed by atoms with Crippen LogP contribution in [-0.2, 0) is 6.42 Å². The number of benzene rings is 1. The van der Waals surface area contributed by atoms with Gasteiger partial charge in [0.1, 0.15) is 0 Å². The lowest BCUT2D eigenvalue weighted by molar-refractivity contribution is 0.597. The van der Waals surface area contributed by atoms with Gasteiger partial charge in [0.25, 0.3) is 0 Å². The molecule has 0 fully saturated rings. The van der Waals surface area contributed by atoms with Gasteiger partial charge in [0.15, 0.2) is 0 Å². The minimum atomic E-state index is 1.16. The summed E-state index contributed by atoms with van der Waals surface area (Å²) >= 11 is 0. The molecule has 97 valence electrons. The molecule has 0 heteroatoms. The second-order valence-electron chi connectivity index (χ2n) is 4.77. The Hall–Kier alpha value is -1.30. The first-order chi connectivity index (χ1) is 8.93. The highest BCUT2D eigenvalue weighted by molar-refractivity contribution is 5.14. The van der Waals surface area contributed by atoms with Crippen molar-refractivity contribution in [2.24, 2.45) is 0 Å². The highest BCUT2D eigenvalue weighted by Crippen LogP contribution is 2.10. The summed E-state index contributed by atoms with van der Waals surface area (Å²) in [7, 11) is 0. The standard InChI is InChI=1S/C18H25/c1-2-3-4-5-6-7-8-9-10-12-15-18-16-13-11-14-17-18/h1-4,11,13-14,16-17H,5-10,12,15H2. The lowest BCUT2D eigenvalue weighted by Crippen LogP contribution is -1.85. The van der Waals surface area contributed by atoms with Crippen LogP contribution in [0.15, 0.2) is 48.6 Å². The SMILES string of the molecule is [CH]=CC=CCCCCCCCCc1ccccc1. The van der Waals surface area contributed by atoms with Gasteiger partial charge in [-0.2, -0.15) is 0 Å². The second kappa shape index (κ2) is 10.8. The van der Waals surface area contributed by atoms with E-state index in [1.807, 2.05) is 6.08 Å². The molecule has 0 aliphatic heterocycles. The fourth-order valence-electron chi connectivity index (χ4n) is 2.12. The van der Waals surface area contributed by atoms with Gasteiger partial charge in [0, 0.05) is 0 Å². The summed E-state index contributed by atoms with van der Waals surface area (Å²) in [6.45, 7) is 5.26. The zero-order valence-electron chi connectivity index (χ0n) is 11.4. The van der Waals surface area contributed by atoms with Crippen molar-refractivity contribution in [1.29, 1.82) is 0 Å². The van der Waals surface area contributed by atoms with Gasteiger partial charge in [0.05, 0.1) is 0 Å². The van der Waals surface area contributed by atoms with Crippen molar-refractivity contribution in [1.82, 2.24) is 0 Å². The van der Waals surface area contributed by atoms with Crippen LogP contribution < -0.4 is 0 Å². The Morgan fingerprint density at radius 2 is 1.50 bits per heavy atom. The monoisotopic (exact) mass is 241 g/mol. The van der Waals surface area contributed by atoms with E-state index in [4.69, 9.17) is 6.58 Å². The van der Waals surface area contributed by atoms with Crippen molar-refractivity contribution in [3.05, 3.63) is 60.7 Å². The van der Waals surface area contributed by atoms with E-state index >= 15 is 0 Å². The summed E-state index contributed by atoms with van der Waals surface area (Å²) in [5.41, 5.74) is 1.47. The van der Waals surface area contributed by atoms with Gasteiger partial charge in [-0.25, -0.2) is 0 Å². The summed E-state index contributed by atoms with van der Waals surface area (Å²) in [4.78, 5) is 0. The fourth-order valence-corrected chi connectivity index (χ4v) is 2.12. The van der Waals surface area contributed by atoms with Crippen LogP contribution in [0.5, 0.6) is 0 Å². The van der Waals surface area contributed by atoms with Crippen LogP contribution in [0.1, 0.15) is 50.5 Å². The smallest absolute Gasteiger partial charge is 0.0279 e. The third kappa shape index (κ3) is 7.89. The molecule has 0 nitrogen and oxygen atoms in total. The van der Waals surface area contributed by atoms with Crippen molar-refractivity contribution in [3.8, 4) is 0 Å². The van der Waals surface area contributed by atoms with Crippen LogP contribution >= 0.6 is 0 Å². The van der Waals surface area contributed by atoms with Crippen molar-refractivity contribution >= 4 is 0 Å². The van der Waals surface area contributed by atoms with Crippen LogP contribution in [0.2, 0.25) is 0 Å². The minimum Gasteiger partial charge on any atom is -0.0845 e. The highest BCUT2D eigenvalue weighted by Gasteiger charge is 1.93.